The maximum Gasteiger partial charge on any atom is 0.122 e. The molecule has 1 N–H and O–H groups in total. The van der Waals surface area contributed by atoms with Crippen molar-refractivity contribution in [2.24, 2.45) is 0 Å². The van der Waals surface area contributed by atoms with E-state index in [1.807, 2.05) is 12.1 Å². The van der Waals surface area contributed by atoms with Gasteiger partial charge in [-0.25, -0.2) is 0 Å². The Morgan fingerprint density at radius 3 is 2.75 bits per heavy atom. The lowest BCUT2D eigenvalue weighted by molar-refractivity contribution is 0.384. The summed E-state index contributed by atoms with van der Waals surface area (Å²) in [5.41, 5.74) is 1.26. The molecule has 1 aliphatic heterocycles. The Bertz CT molecular complexity index is 346. The largest absolute Gasteiger partial charge is 0.497 e. The number of nitrogens with one attached hydrogen (secondary N) is 1. The molecule has 88 valence electrons. The van der Waals surface area contributed by atoms with Crippen LogP contribution in [0.25, 0.3) is 0 Å². The van der Waals surface area contributed by atoms with Crippen molar-refractivity contribution < 1.29 is 9.47 Å². The molecule has 0 radical (unpaired) electrons. The molecule has 16 heavy (non-hydrogen) atoms. The molecular weight excluding hydrogens is 202 g/mol. The second-order valence-corrected chi connectivity index (χ2v) is 4.15. The van der Waals surface area contributed by atoms with Crippen molar-refractivity contribution >= 4 is 0 Å². The van der Waals surface area contributed by atoms with Gasteiger partial charge >= 0.3 is 0 Å². The first-order valence-electron chi connectivity index (χ1n) is 5.78. The summed E-state index contributed by atoms with van der Waals surface area (Å²) >= 11 is 0. The van der Waals surface area contributed by atoms with Crippen molar-refractivity contribution in [3.05, 3.63) is 23.8 Å². The van der Waals surface area contributed by atoms with E-state index in [2.05, 4.69) is 11.4 Å². The molecule has 0 amide bonds. The molecule has 1 atom stereocenters. The minimum Gasteiger partial charge on any atom is -0.497 e. The van der Waals surface area contributed by atoms with Crippen molar-refractivity contribution in [3.63, 3.8) is 0 Å². The lowest BCUT2D eigenvalue weighted by Gasteiger charge is -2.25. The predicted octanol–water partition coefficient (Wildman–Crippen LogP) is 2.17. The summed E-state index contributed by atoms with van der Waals surface area (Å²) in [5, 5.41) is 3.43. The zero-order chi connectivity index (χ0) is 11.4. The van der Waals surface area contributed by atoms with Gasteiger partial charge in [0.2, 0.25) is 0 Å². The Kier molecular flexibility index (Phi) is 3.67. The lowest BCUT2D eigenvalue weighted by Crippen LogP contribution is -2.28. The molecule has 0 saturated carbocycles. The van der Waals surface area contributed by atoms with E-state index < -0.39 is 0 Å². The Morgan fingerprint density at radius 1 is 1.25 bits per heavy atom. The summed E-state index contributed by atoms with van der Waals surface area (Å²) in [6.45, 7) is 2.16. The Morgan fingerprint density at radius 2 is 2.12 bits per heavy atom. The predicted molar refractivity (Wildman–Crippen MR) is 64.4 cm³/mol. The van der Waals surface area contributed by atoms with E-state index in [0.717, 1.165) is 24.6 Å². The molecule has 0 spiro atoms. The van der Waals surface area contributed by atoms with Gasteiger partial charge in [-0.15, -0.1) is 0 Å². The molecule has 0 aliphatic carbocycles. The van der Waals surface area contributed by atoms with Gasteiger partial charge in [-0.3, -0.25) is 0 Å². The van der Waals surface area contributed by atoms with Gasteiger partial charge in [0.25, 0.3) is 0 Å². The van der Waals surface area contributed by atoms with E-state index in [9.17, 15) is 0 Å². The third-order valence-corrected chi connectivity index (χ3v) is 3.17. The number of piperidine rings is 1. The maximum absolute atomic E-state index is 5.41. The first kappa shape index (κ1) is 11.3. The van der Waals surface area contributed by atoms with Crippen molar-refractivity contribution in [3.8, 4) is 11.5 Å². The normalized spacial score (nSPS) is 20.5. The zero-order valence-corrected chi connectivity index (χ0v) is 9.95. The van der Waals surface area contributed by atoms with Gasteiger partial charge in [0.05, 0.1) is 14.2 Å². The molecule has 0 bridgehead atoms. The van der Waals surface area contributed by atoms with E-state index in [1.165, 1.54) is 18.4 Å². The summed E-state index contributed by atoms with van der Waals surface area (Å²) in [7, 11) is 3.42. The number of methoxy groups -OCH3 is 2. The van der Waals surface area contributed by atoms with Gasteiger partial charge in [-0.1, -0.05) is 0 Å². The number of benzene rings is 1. The van der Waals surface area contributed by atoms with Crippen LogP contribution in [0.1, 0.15) is 24.3 Å². The number of hydrogen-bond donors (Lipinski definition) is 1. The highest BCUT2D eigenvalue weighted by atomic mass is 16.5. The molecule has 1 aromatic carbocycles. The van der Waals surface area contributed by atoms with E-state index in [1.54, 1.807) is 14.2 Å². The van der Waals surface area contributed by atoms with Gasteiger partial charge in [0, 0.05) is 18.0 Å². The summed E-state index contributed by atoms with van der Waals surface area (Å²) in [6, 6.07) is 6.03. The van der Waals surface area contributed by atoms with Crippen LogP contribution in [0.5, 0.6) is 11.5 Å². The smallest absolute Gasteiger partial charge is 0.122 e. The van der Waals surface area contributed by atoms with Gasteiger partial charge in [-0.2, -0.15) is 0 Å². The molecule has 1 aliphatic rings. The van der Waals surface area contributed by atoms with Crippen LogP contribution in [0, 0.1) is 0 Å². The maximum atomic E-state index is 5.41. The fraction of sp³-hybridized carbons (Fsp3) is 0.538. The summed E-state index contributed by atoms with van der Waals surface area (Å²) in [4.78, 5) is 0. The molecule has 2 rings (SSSR count). The van der Waals surface area contributed by atoms with Gasteiger partial charge in [0.1, 0.15) is 11.5 Å². The van der Waals surface area contributed by atoms with Crippen molar-refractivity contribution in [2.45, 2.75) is 18.8 Å². The number of ether oxygens (including phenoxy) is 2. The van der Waals surface area contributed by atoms with Crippen LogP contribution in [-0.4, -0.2) is 27.3 Å². The molecule has 3 nitrogen and oxygen atoms in total. The average Bonchev–Trinajstić information content (AvgIpc) is 2.39. The van der Waals surface area contributed by atoms with E-state index in [4.69, 9.17) is 9.47 Å². The highest BCUT2D eigenvalue weighted by Crippen LogP contribution is 2.33. The second kappa shape index (κ2) is 5.21. The summed E-state index contributed by atoms with van der Waals surface area (Å²) < 4.78 is 10.7. The van der Waals surface area contributed by atoms with Crippen LogP contribution in [0.4, 0.5) is 0 Å². The molecule has 0 unspecified atom stereocenters. The molecule has 1 heterocycles. The topological polar surface area (TPSA) is 30.5 Å². The molecular formula is C13H19NO2. The number of hydrogen-bond acceptors (Lipinski definition) is 3. The fourth-order valence-corrected chi connectivity index (χ4v) is 2.28. The second-order valence-electron chi connectivity index (χ2n) is 4.15. The first-order valence-corrected chi connectivity index (χ1v) is 5.78. The van der Waals surface area contributed by atoms with Crippen LogP contribution < -0.4 is 14.8 Å². The fourth-order valence-electron chi connectivity index (χ4n) is 2.28. The summed E-state index contributed by atoms with van der Waals surface area (Å²) in [5.74, 6) is 2.41. The lowest BCUT2D eigenvalue weighted by atomic mass is 9.91. The molecule has 1 fully saturated rings. The molecule has 1 saturated heterocycles. The first-order chi connectivity index (χ1) is 7.85. The third-order valence-electron chi connectivity index (χ3n) is 3.17. The average molecular weight is 221 g/mol. The van der Waals surface area contributed by atoms with Crippen molar-refractivity contribution in [1.29, 1.82) is 0 Å². The van der Waals surface area contributed by atoms with E-state index in [-0.39, 0.29) is 0 Å². The molecule has 1 aromatic rings. The third kappa shape index (κ3) is 2.30. The quantitative estimate of drug-likeness (QED) is 0.848. The Balaban J connectivity index is 2.27. The van der Waals surface area contributed by atoms with Crippen molar-refractivity contribution in [2.75, 3.05) is 27.3 Å². The van der Waals surface area contributed by atoms with Crippen LogP contribution in [0.2, 0.25) is 0 Å². The van der Waals surface area contributed by atoms with Crippen LogP contribution in [-0.2, 0) is 0 Å². The monoisotopic (exact) mass is 221 g/mol. The minimum atomic E-state index is 0.541. The van der Waals surface area contributed by atoms with E-state index in [0.29, 0.717) is 5.92 Å². The highest BCUT2D eigenvalue weighted by molar-refractivity contribution is 5.42. The van der Waals surface area contributed by atoms with Gasteiger partial charge in [0.15, 0.2) is 0 Å². The van der Waals surface area contributed by atoms with Crippen molar-refractivity contribution in [1.82, 2.24) is 5.32 Å². The van der Waals surface area contributed by atoms with Crippen LogP contribution >= 0.6 is 0 Å². The molecule has 0 aromatic heterocycles. The Hall–Kier alpha value is -1.22. The standard InChI is InChI=1S/C13H19NO2/c1-15-11-5-6-13(16-2)12(8-11)10-4-3-7-14-9-10/h5-6,8,10,14H,3-4,7,9H2,1-2H3/t10-/m0/s1. The molecule has 3 heteroatoms. The van der Waals surface area contributed by atoms with E-state index >= 15 is 0 Å². The van der Waals surface area contributed by atoms with Crippen LogP contribution in [0.15, 0.2) is 18.2 Å². The number of rotatable bonds is 3. The van der Waals surface area contributed by atoms with Gasteiger partial charge in [-0.05, 0) is 37.6 Å². The summed E-state index contributed by atoms with van der Waals surface area (Å²) in [6.07, 6.45) is 2.45. The van der Waals surface area contributed by atoms with Crippen LogP contribution in [0.3, 0.4) is 0 Å². The zero-order valence-electron chi connectivity index (χ0n) is 9.95. The Labute approximate surface area is 96.8 Å². The highest BCUT2D eigenvalue weighted by Gasteiger charge is 2.19. The SMILES string of the molecule is COc1ccc(OC)c([C@H]2CCCNC2)c1. The minimum absolute atomic E-state index is 0.541. The van der Waals surface area contributed by atoms with Gasteiger partial charge < -0.3 is 14.8 Å².